The molecule has 0 bridgehead atoms. The van der Waals surface area contributed by atoms with Gasteiger partial charge in [-0.3, -0.25) is 0 Å². The molecule has 16 heavy (non-hydrogen) atoms. The lowest BCUT2D eigenvalue weighted by Gasteiger charge is -2.02. The molecule has 2 nitrogen and oxygen atoms in total. The topological polar surface area (TPSA) is 38.9 Å². The first-order chi connectivity index (χ1) is 7.56. The Balaban J connectivity index is 2.30. The van der Waals surface area contributed by atoms with E-state index in [2.05, 4.69) is 4.98 Å². The van der Waals surface area contributed by atoms with Gasteiger partial charge in [0, 0.05) is 16.3 Å². The van der Waals surface area contributed by atoms with Crippen molar-refractivity contribution in [2.24, 2.45) is 0 Å². The van der Waals surface area contributed by atoms with Gasteiger partial charge in [0.2, 0.25) is 0 Å². The van der Waals surface area contributed by atoms with E-state index in [1.807, 2.05) is 6.92 Å². The van der Waals surface area contributed by atoms with E-state index in [0.29, 0.717) is 22.1 Å². The number of nitrogen functional groups attached to an aromatic ring is 1. The number of anilines is 1. The highest BCUT2D eigenvalue weighted by Gasteiger charge is 2.09. The van der Waals surface area contributed by atoms with Crippen LogP contribution >= 0.6 is 22.9 Å². The molecule has 0 spiro atoms. The zero-order chi connectivity index (χ0) is 11.7. The van der Waals surface area contributed by atoms with Crippen molar-refractivity contribution < 1.29 is 4.39 Å². The van der Waals surface area contributed by atoms with Crippen molar-refractivity contribution in [3.05, 3.63) is 45.2 Å². The second-order valence-corrected chi connectivity index (χ2v) is 5.02. The maximum Gasteiger partial charge on any atom is 0.180 e. The maximum absolute atomic E-state index is 13.5. The molecule has 0 saturated heterocycles. The first kappa shape index (κ1) is 11.4. The second-order valence-electron chi connectivity index (χ2n) is 3.47. The normalized spacial score (nSPS) is 10.7. The monoisotopic (exact) mass is 256 g/mol. The molecular formula is C11H10ClFN2S. The molecule has 5 heteroatoms. The van der Waals surface area contributed by atoms with Crippen LogP contribution in [-0.4, -0.2) is 4.98 Å². The molecule has 0 saturated carbocycles. The molecule has 0 atom stereocenters. The fourth-order valence-electron chi connectivity index (χ4n) is 1.45. The van der Waals surface area contributed by atoms with E-state index < -0.39 is 0 Å². The second kappa shape index (κ2) is 4.39. The minimum atomic E-state index is -0.293. The summed E-state index contributed by atoms with van der Waals surface area (Å²) in [5.74, 6) is -0.293. The Morgan fingerprint density at radius 1 is 1.50 bits per heavy atom. The van der Waals surface area contributed by atoms with Crippen molar-refractivity contribution in [3.63, 3.8) is 0 Å². The van der Waals surface area contributed by atoms with Gasteiger partial charge in [0.05, 0.1) is 5.69 Å². The Morgan fingerprint density at radius 2 is 2.25 bits per heavy atom. The summed E-state index contributed by atoms with van der Waals surface area (Å²) in [4.78, 5) is 5.09. The van der Waals surface area contributed by atoms with Crippen molar-refractivity contribution >= 4 is 28.1 Å². The molecule has 1 aromatic heterocycles. The van der Waals surface area contributed by atoms with Crippen LogP contribution in [0.1, 0.15) is 16.1 Å². The molecule has 0 amide bonds. The quantitative estimate of drug-likeness (QED) is 0.894. The van der Waals surface area contributed by atoms with Crippen molar-refractivity contribution in [2.45, 2.75) is 13.3 Å². The SMILES string of the molecule is Cc1nc(N)sc1Cc1ccc(Cl)cc1F. The lowest BCUT2D eigenvalue weighted by atomic mass is 10.1. The van der Waals surface area contributed by atoms with Crippen LogP contribution in [0.15, 0.2) is 18.2 Å². The fourth-order valence-corrected chi connectivity index (χ4v) is 2.47. The van der Waals surface area contributed by atoms with Gasteiger partial charge in [-0.15, -0.1) is 11.3 Å². The largest absolute Gasteiger partial charge is 0.375 e. The minimum absolute atomic E-state index is 0.293. The van der Waals surface area contributed by atoms with Crippen LogP contribution in [0, 0.1) is 12.7 Å². The molecule has 0 radical (unpaired) electrons. The average Bonchev–Trinajstić information content (AvgIpc) is 2.50. The summed E-state index contributed by atoms with van der Waals surface area (Å²) in [6.45, 7) is 1.87. The average molecular weight is 257 g/mol. The van der Waals surface area contributed by atoms with Crippen molar-refractivity contribution in [2.75, 3.05) is 5.73 Å². The fraction of sp³-hybridized carbons (Fsp3) is 0.182. The van der Waals surface area contributed by atoms with Crippen LogP contribution < -0.4 is 5.73 Å². The van der Waals surface area contributed by atoms with Gasteiger partial charge >= 0.3 is 0 Å². The number of hydrogen-bond donors (Lipinski definition) is 1. The summed E-state index contributed by atoms with van der Waals surface area (Å²) in [5.41, 5.74) is 7.05. The van der Waals surface area contributed by atoms with Gasteiger partial charge in [-0.1, -0.05) is 17.7 Å². The van der Waals surface area contributed by atoms with Crippen LogP contribution in [0.2, 0.25) is 5.02 Å². The molecular weight excluding hydrogens is 247 g/mol. The summed E-state index contributed by atoms with van der Waals surface area (Å²) >= 11 is 7.07. The Kier molecular flexibility index (Phi) is 3.12. The molecule has 2 aromatic rings. The molecule has 0 fully saturated rings. The molecule has 0 aliphatic rings. The minimum Gasteiger partial charge on any atom is -0.375 e. The maximum atomic E-state index is 13.5. The highest BCUT2D eigenvalue weighted by Crippen LogP contribution is 2.25. The van der Waals surface area contributed by atoms with Crippen molar-refractivity contribution in [3.8, 4) is 0 Å². The molecule has 1 heterocycles. The number of nitrogens with two attached hydrogens (primary N) is 1. The van der Waals surface area contributed by atoms with E-state index in [1.54, 1.807) is 12.1 Å². The highest BCUT2D eigenvalue weighted by atomic mass is 35.5. The third-order valence-electron chi connectivity index (χ3n) is 2.28. The number of benzene rings is 1. The molecule has 84 valence electrons. The Bertz CT molecular complexity index is 525. The lowest BCUT2D eigenvalue weighted by Crippen LogP contribution is -1.92. The highest BCUT2D eigenvalue weighted by molar-refractivity contribution is 7.15. The van der Waals surface area contributed by atoms with E-state index in [-0.39, 0.29) is 5.82 Å². The number of aryl methyl sites for hydroxylation is 1. The number of nitrogens with zero attached hydrogens (tertiary/aromatic N) is 1. The number of thiazole rings is 1. The van der Waals surface area contributed by atoms with Gasteiger partial charge in [-0.25, -0.2) is 9.37 Å². The molecule has 0 aliphatic heterocycles. The van der Waals surface area contributed by atoms with Crippen molar-refractivity contribution in [1.29, 1.82) is 0 Å². The van der Waals surface area contributed by atoms with Gasteiger partial charge in [0.1, 0.15) is 5.82 Å². The first-order valence-electron chi connectivity index (χ1n) is 4.72. The predicted molar refractivity (Wildman–Crippen MR) is 65.5 cm³/mol. The van der Waals surface area contributed by atoms with Crippen LogP contribution in [0.25, 0.3) is 0 Å². The molecule has 0 aliphatic carbocycles. The molecule has 2 rings (SSSR count). The number of halogens is 2. The van der Waals surface area contributed by atoms with Gasteiger partial charge in [0.25, 0.3) is 0 Å². The molecule has 1 aromatic carbocycles. The van der Waals surface area contributed by atoms with E-state index in [9.17, 15) is 4.39 Å². The van der Waals surface area contributed by atoms with Gasteiger partial charge < -0.3 is 5.73 Å². The van der Waals surface area contributed by atoms with E-state index in [1.165, 1.54) is 17.4 Å². The summed E-state index contributed by atoms with van der Waals surface area (Å²) in [6.07, 6.45) is 0.504. The summed E-state index contributed by atoms with van der Waals surface area (Å²) in [6, 6.07) is 4.68. The van der Waals surface area contributed by atoms with E-state index in [0.717, 1.165) is 10.6 Å². The molecule has 2 N–H and O–H groups in total. The Labute approximate surface area is 102 Å². The van der Waals surface area contributed by atoms with Crippen molar-refractivity contribution in [1.82, 2.24) is 4.98 Å². The molecule has 0 unspecified atom stereocenters. The Morgan fingerprint density at radius 3 is 2.81 bits per heavy atom. The standard InChI is InChI=1S/C11H10ClFN2S/c1-6-10(16-11(14)15-6)4-7-2-3-8(12)5-9(7)13/h2-3,5H,4H2,1H3,(H2,14,15). The number of rotatable bonds is 2. The lowest BCUT2D eigenvalue weighted by molar-refractivity contribution is 0.614. The zero-order valence-electron chi connectivity index (χ0n) is 8.63. The number of aromatic nitrogens is 1. The smallest absolute Gasteiger partial charge is 0.180 e. The van der Waals surface area contributed by atoms with E-state index >= 15 is 0 Å². The van der Waals surface area contributed by atoms with E-state index in [4.69, 9.17) is 17.3 Å². The van der Waals surface area contributed by atoms with Crippen LogP contribution in [0.4, 0.5) is 9.52 Å². The number of hydrogen-bond acceptors (Lipinski definition) is 3. The third kappa shape index (κ3) is 2.33. The van der Waals surface area contributed by atoms with Crippen LogP contribution in [0.3, 0.4) is 0 Å². The predicted octanol–water partition coefficient (Wildman–Crippen LogP) is 3.42. The van der Waals surface area contributed by atoms with Gasteiger partial charge in [-0.2, -0.15) is 0 Å². The first-order valence-corrected chi connectivity index (χ1v) is 5.91. The third-order valence-corrected chi connectivity index (χ3v) is 3.50. The zero-order valence-corrected chi connectivity index (χ0v) is 10.2. The summed E-state index contributed by atoms with van der Waals surface area (Å²) in [7, 11) is 0. The Hall–Kier alpha value is -1.13. The van der Waals surface area contributed by atoms with Gasteiger partial charge in [-0.05, 0) is 24.6 Å². The van der Waals surface area contributed by atoms with Crippen LogP contribution in [0.5, 0.6) is 0 Å². The van der Waals surface area contributed by atoms with Crippen LogP contribution in [-0.2, 0) is 6.42 Å². The van der Waals surface area contributed by atoms with Gasteiger partial charge in [0.15, 0.2) is 5.13 Å². The summed E-state index contributed by atoms with van der Waals surface area (Å²) < 4.78 is 13.5. The summed E-state index contributed by atoms with van der Waals surface area (Å²) in [5, 5.41) is 0.920.